The zero-order chi connectivity index (χ0) is 16.2. The van der Waals surface area contributed by atoms with Crippen molar-refractivity contribution in [3.8, 4) is 0 Å². The third-order valence-electron chi connectivity index (χ3n) is 3.15. The molecular formula is C15H13N5OS2. The van der Waals surface area contributed by atoms with E-state index in [4.69, 9.17) is 12.2 Å². The first-order chi connectivity index (χ1) is 11.1. The predicted molar refractivity (Wildman–Crippen MR) is 95.4 cm³/mol. The van der Waals surface area contributed by atoms with Crippen molar-refractivity contribution < 1.29 is 4.79 Å². The molecule has 6 nitrogen and oxygen atoms in total. The fourth-order valence-corrected chi connectivity index (χ4v) is 2.76. The Kier molecular flexibility index (Phi) is 4.45. The second-order valence-corrected chi connectivity index (χ2v) is 5.95. The Morgan fingerprint density at radius 2 is 1.91 bits per heavy atom. The molecule has 2 aromatic carbocycles. The quantitative estimate of drug-likeness (QED) is 0.490. The Balaban J connectivity index is 1.60. The number of nitrogens with one attached hydrogen (secondary N) is 3. The van der Waals surface area contributed by atoms with Gasteiger partial charge in [-0.05, 0) is 53.6 Å². The highest BCUT2D eigenvalue weighted by atomic mass is 32.1. The molecule has 0 atom stereocenters. The summed E-state index contributed by atoms with van der Waals surface area (Å²) < 4.78 is 3.72. The van der Waals surface area contributed by atoms with Crippen molar-refractivity contribution in [1.29, 1.82) is 0 Å². The van der Waals surface area contributed by atoms with Gasteiger partial charge in [-0.15, -0.1) is 5.10 Å². The number of hydrogen-bond donors (Lipinski definition) is 3. The van der Waals surface area contributed by atoms with Crippen LogP contribution in [0.25, 0.3) is 10.8 Å². The van der Waals surface area contributed by atoms with Gasteiger partial charge in [-0.25, -0.2) is 0 Å². The summed E-state index contributed by atoms with van der Waals surface area (Å²) in [6.07, 6.45) is 0. The molecule has 0 bridgehead atoms. The molecule has 0 aliphatic carbocycles. The van der Waals surface area contributed by atoms with Gasteiger partial charge in [0.1, 0.15) is 4.88 Å². The molecule has 0 aliphatic rings. The molecule has 116 valence electrons. The number of carbonyl (C=O) groups is 1. The summed E-state index contributed by atoms with van der Waals surface area (Å²) in [7, 11) is 0. The van der Waals surface area contributed by atoms with E-state index in [0.29, 0.717) is 15.7 Å². The zero-order valence-electron chi connectivity index (χ0n) is 12.2. The molecule has 23 heavy (non-hydrogen) atoms. The van der Waals surface area contributed by atoms with Crippen molar-refractivity contribution in [3.05, 3.63) is 53.0 Å². The molecule has 0 fully saturated rings. The fourth-order valence-electron chi connectivity index (χ4n) is 2.04. The monoisotopic (exact) mass is 343 g/mol. The topological polar surface area (TPSA) is 78.9 Å². The van der Waals surface area contributed by atoms with E-state index in [2.05, 4.69) is 25.8 Å². The molecule has 3 aromatic rings. The molecule has 0 saturated heterocycles. The first-order valence-corrected chi connectivity index (χ1v) is 7.97. The van der Waals surface area contributed by atoms with Crippen LogP contribution in [0.3, 0.4) is 0 Å². The van der Waals surface area contributed by atoms with E-state index in [9.17, 15) is 4.79 Å². The second kappa shape index (κ2) is 6.67. The Hall–Kier alpha value is -2.58. The first-order valence-electron chi connectivity index (χ1n) is 6.78. The van der Waals surface area contributed by atoms with Gasteiger partial charge in [0, 0.05) is 5.69 Å². The van der Waals surface area contributed by atoms with Crippen molar-refractivity contribution in [3.63, 3.8) is 0 Å². The Morgan fingerprint density at radius 3 is 2.65 bits per heavy atom. The Bertz CT molecular complexity index is 877. The van der Waals surface area contributed by atoms with Gasteiger partial charge < -0.3 is 5.32 Å². The number of nitrogens with zero attached hydrogens (tertiary/aromatic N) is 2. The van der Waals surface area contributed by atoms with Gasteiger partial charge in [0.15, 0.2) is 5.11 Å². The number of hydrazine groups is 1. The van der Waals surface area contributed by atoms with Crippen molar-refractivity contribution >= 4 is 51.2 Å². The number of rotatable bonds is 2. The SMILES string of the molecule is Cc1nnsc1C(=O)NNC(=S)Nc1ccc2ccccc2c1. The lowest BCUT2D eigenvalue weighted by Crippen LogP contribution is -2.43. The minimum atomic E-state index is -0.319. The van der Waals surface area contributed by atoms with E-state index >= 15 is 0 Å². The number of benzene rings is 2. The molecule has 0 spiro atoms. The van der Waals surface area contributed by atoms with E-state index in [-0.39, 0.29) is 5.91 Å². The highest BCUT2D eigenvalue weighted by Crippen LogP contribution is 2.18. The standard InChI is InChI=1S/C15H13N5OS2/c1-9-13(23-20-17-9)14(21)18-19-15(22)16-12-7-6-10-4-2-3-5-11(10)8-12/h2-8H,1H3,(H,18,21)(H2,16,19,22). The molecule has 3 rings (SSSR count). The minimum absolute atomic E-state index is 0.295. The van der Waals surface area contributed by atoms with Gasteiger partial charge >= 0.3 is 0 Å². The van der Waals surface area contributed by atoms with Gasteiger partial charge in [0.25, 0.3) is 5.91 Å². The number of aryl methyl sites for hydroxylation is 1. The molecule has 1 aromatic heterocycles. The van der Waals surface area contributed by atoms with Gasteiger partial charge in [0.2, 0.25) is 0 Å². The lowest BCUT2D eigenvalue weighted by molar-refractivity contribution is 0.0947. The average Bonchev–Trinajstić information content (AvgIpc) is 2.98. The summed E-state index contributed by atoms with van der Waals surface area (Å²) in [6, 6.07) is 14.0. The van der Waals surface area contributed by atoms with E-state index in [1.54, 1.807) is 6.92 Å². The number of amides is 1. The van der Waals surface area contributed by atoms with Crippen molar-refractivity contribution in [2.75, 3.05) is 5.32 Å². The fraction of sp³-hybridized carbons (Fsp3) is 0.0667. The summed E-state index contributed by atoms with van der Waals surface area (Å²) in [5.41, 5.74) is 6.61. The summed E-state index contributed by atoms with van der Waals surface area (Å²) in [4.78, 5) is 12.4. The van der Waals surface area contributed by atoms with Crippen LogP contribution in [-0.2, 0) is 0 Å². The van der Waals surface area contributed by atoms with Crippen molar-refractivity contribution in [1.82, 2.24) is 20.4 Å². The molecule has 0 aliphatic heterocycles. The maximum Gasteiger partial charge on any atom is 0.283 e. The first kappa shape index (κ1) is 15.3. The van der Waals surface area contributed by atoms with Crippen LogP contribution in [0.1, 0.15) is 15.4 Å². The van der Waals surface area contributed by atoms with Crippen molar-refractivity contribution in [2.45, 2.75) is 6.92 Å². The molecule has 0 radical (unpaired) electrons. The molecule has 0 saturated carbocycles. The van der Waals surface area contributed by atoms with Gasteiger partial charge in [-0.2, -0.15) is 0 Å². The number of anilines is 1. The largest absolute Gasteiger partial charge is 0.331 e. The summed E-state index contributed by atoms with van der Waals surface area (Å²) in [5.74, 6) is -0.319. The van der Waals surface area contributed by atoms with E-state index in [1.165, 1.54) is 0 Å². The minimum Gasteiger partial charge on any atom is -0.331 e. The molecule has 0 unspecified atom stereocenters. The van der Waals surface area contributed by atoms with Gasteiger partial charge in [0.05, 0.1) is 5.69 Å². The number of aromatic nitrogens is 2. The highest BCUT2D eigenvalue weighted by molar-refractivity contribution is 7.80. The third kappa shape index (κ3) is 3.61. The van der Waals surface area contributed by atoms with E-state index in [0.717, 1.165) is 28.0 Å². The van der Waals surface area contributed by atoms with E-state index in [1.807, 2.05) is 42.5 Å². The smallest absolute Gasteiger partial charge is 0.283 e. The summed E-state index contributed by atoms with van der Waals surface area (Å²) in [5, 5.41) is 9.37. The molecular weight excluding hydrogens is 330 g/mol. The molecule has 1 heterocycles. The van der Waals surface area contributed by atoms with Gasteiger partial charge in [-0.3, -0.25) is 15.6 Å². The Labute approximate surface area is 142 Å². The maximum atomic E-state index is 11.9. The maximum absolute atomic E-state index is 11.9. The van der Waals surface area contributed by atoms with Gasteiger partial charge in [-0.1, -0.05) is 34.8 Å². The molecule has 3 N–H and O–H groups in total. The van der Waals surface area contributed by atoms with Crippen LogP contribution in [0.2, 0.25) is 0 Å². The lowest BCUT2D eigenvalue weighted by atomic mass is 10.1. The van der Waals surface area contributed by atoms with Crippen LogP contribution in [0.5, 0.6) is 0 Å². The van der Waals surface area contributed by atoms with E-state index < -0.39 is 0 Å². The number of thiocarbonyl (C=S) groups is 1. The summed E-state index contributed by atoms with van der Waals surface area (Å²) >= 11 is 6.21. The van der Waals surface area contributed by atoms with Crippen LogP contribution in [-0.4, -0.2) is 20.6 Å². The van der Waals surface area contributed by atoms with Crippen molar-refractivity contribution in [2.24, 2.45) is 0 Å². The molecule has 8 heteroatoms. The number of fused-ring (bicyclic) bond motifs is 1. The second-order valence-electron chi connectivity index (χ2n) is 4.78. The van der Waals surface area contributed by atoms with Crippen LogP contribution < -0.4 is 16.2 Å². The Morgan fingerprint density at radius 1 is 1.13 bits per heavy atom. The predicted octanol–water partition coefficient (Wildman–Crippen LogP) is 2.63. The average molecular weight is 343 g/mol. The summed E-state index contributed by atoms with van der Waals surface area (Å²) in [6.45, 7) is 1.73. The highest BCUT2D eigenvalue weighted by Gasteiger charge is 2.12. The zero-order valence-corrected chi connectivity index (χ0v) is 13.8. The normalized spacial score (nSPS) is 10.3. The van der Waals surface area contributed by atoms with Crippen LogP contribution >= 0.6 is 23.8 Å². The van der Waals surface area contributed by atoms with Crippen LogP contribution in [0, 0.1) is 6.92 Å². The van der Waals surface area contributed by atoms with Crippen LogP contribution in [0.4, 0.5) is 5.69 Å². The number of carbonyl (C=O) groups excluding carboxylic acids is 1. The number of hydrogen-bond acceptors (Lipinski definition) is 5. The van der Waals surface area contributed by atoms with Crippen LogP contribution in [0.15, 0.2) is 42.5 Å². The lowest BCUT2D eigenvalue weighted by Gasteiger charge is -2.11. The molecule has 1 amide bonds. The third-order valence-corrected chi connectivity index (χ3v) is 4.19.